The van der Waals surface area contributed by atoms with Crippen LogP contribution in [0.1, 0.15) is 36.5 Å². The standard InChI is InChI=1S/C15H23NO.ClH/c1-10-6-14(8-12(3)16)15(7-11(10)2)17-9-13-4-5-13;/h6-7,12-13H,4-5,8-9,16H2,1-3H3;1H. The lowest BCUT2D eigenvalue weighted by Crippen LogP contribution is -2.18. The lowest BCUT2D eigenvalue weighted by Gasteiger charge is -2.15. The summed E-state index contributed by atoms with van der Waals surface area (Å²) in [5, 5.41) is 0. The topological polar surface area (TPSA) is 35.2 Å². The molecule has 1 unspecified atom stereocenters. The van der Waals surface area contributed by atoms with Crippen LogP contribution in [0, 0.1) is 19.8 Å². The average Bonchev–Trinajstić information content (AvgIpc) is 3.04. The monoisotopic (exact) mass is 269 g/mol. The van der Waals surface area contributed by atoms with E-state index in [0.717, 1.165) is 24.7 Å². The van der Waals surface area contributed by atoms with Crippen molar-refractivity contribution in [2.45, 2.75) is 46.1 Å². The summed E-state index contributed by atoms with van der Waals surface area (Å²) >= 11 is 0. The van der Waals surface area contributed by atoms with Gasteiger partial charge in [-0.1, -0.05) is 6.07 Å². The highest BCUT2D eigenvalue weighted by molar-refractivity contribution is 5.85. The van der Waals surface area contributed by atoms with Gasteiger partial charge in [-0.2, -0.15) is 0 Å². The first-order valence-corrected chi connectivity index (χ1v) is 6.54. The minimum Gasteiger partial charge on any atom is -0.493 e. The van der Waals surface area contributed by atoms with Crippen molar-refractivity contribution in [1.82, 2.24) is 0 Å². The lowest BCUT2D eigenvalue weighted by atomic mass is 10.0. The van der Waals surface area contributed by atoms with Crippen molar-refractivity contribution in [3.8, 4) is 5.75 Å². The molecule has 1 fully saturated rings. The van der Waals surface area contributed by atoms with Gasteiger partial charge in [-0.25, -0.2) is 0 Å². The molecule has 0 heterocycles. The Bertz CT molecular complexity index is 400. The van der Waals surface area contributed by atoms with Gasteiger partial charge >= 0.3 is 0 Å². The second-order valence-electron chi connectivity index (χ2n) is 5.48. The van der Waals surface area contributed by atoms with Gasteiger partial charge in [0.25, 0.3) is 0 Å². The van der Waals surface area contributed by atoms with E-state index in [1.165, 1.54) is 29.5 Å². The Balaban J connectivity index is 0.00000162. The van der Waals surface area contributed by atoms with Gasteiger partial charge in [0.05, 0.1) is 6.61 Å². The van der Waals surface area contributed by atoms with Crippen molar-refractivity contribution >= 4 is 12.4 Å². The van der Waals surface area contributed by atoms with E-state index in [4.69, 9.17) is 10.5 Å². The molecule has 2 rings (SSSR count). The second kappa shape index (κ2) is 6.44. The minimum absolute atomic E-state index is 0. The van der Waals surface area contributed by atoms with Crippen LogP contribution < -0.4 is 10.5 Å². The van der Waals surface area contributed by atoms with Gasteiger partial charge < -0.3 is 10.5 Å². The summed E-state index contributed by atoms with van der Waals surface area (Å²) in [4.78, 5) is 0. The van der Waals surface area contributed by atoms with Crippen molar-refractivity contribution in [2.75, 3.05) is 6.61 Å². The summed E-state index contributed by atoms with van der Waals surface area (Å²) < 4.78 is 5.94. The molecule has 2 nitrogen and oxygen atoms in total. The average molecular weight is 270 g/mol. The van der Waals surface area contributed by atoms with Crippen molar-refractivity contribution in [3.63, 3.8) is 0 Å². The summed E-state index contributed by atoms with van der Waals surface area (Å²) in [7, 11) is 0. The van der Waals surface area contributed by atoms with E-state index in [9.17, 15) is 0 Å². The quantitative estimate of drug-likeness (QED) is 0.889. The first-order valence-electron chi connectivity index (χ1n) is 6.54. The highest BCUT2D eigenvalue weighted by Crippen LogP contribution is 2.31. The van der Waals surface area contributed by atoms with Gasteiger partial charge in [0.2, 0.25) is 0 Å². The van der Waals surface area contributed by atoms with E-state index in [0.29, 0.717) is 0 Å². The fourth-order valence-electron chi connectivity index (χ4n) is 1.98. The third-order valence-electron chi connectivity index (χ3n) is 3.39. The molecular formula is C15H24ClNO. The normalized spacial score (nSPS) is 16.0. The van der Waals surface area contributed by atoms with E-state index in [1.807, 2.05) is 6.92 Å². The molecule has 18 heavy (non-hydrogen) atoms. The minimum atomic E-state index is 0. The fourth-order valence-corrected chi connectivity index (χ4v) is 1.98. The van der Waals surface area contributed by atoms with Gasteiger partial charge in [0.15, 0.2) is 0 Å². The fraction of sp³-hybridized carbons (Fsp3) is 0.600. The molecule has 102 valence electrons. The third-order valence-corrected chi connectivity index (χ3v) is 3.39. The molecular weight excluding hydrogens is 246 g/mol. The molecule has 1 aliphatic carbocycles. The zero-order chi connectivity index (χ0) is 12.4. The van der Waals surface area contributed by atoms with Crippen LogP contribution in [0.2, 0.25) is 0 Å². The molecule has 0 amide bonds. The van der Waals surface area contributed by atoms with E-state index in [2.05, 4.69) is 26.0 Å². The van der Waals surface area contributed by atoms with Crippen LogP contribution in [-0.4, -0.2) is 12.6 Å². The summed E-state index contributed by atoms with van der Waals surface area (Å²) in [6.07, 6.45) is 3.54. The molecule has 2 N–H and O–H groups in total. The van der Waals surface area contributed by atoms with Crippen LogP contribution in [0.25, 0.3) is 0 Å². The third kappa shape index (κ3) is 4.18. The largest absolute Gasteiger partial charge is 0.493 e. The molecule has 3 heteroatoms. The molecule has 0 spiro atoms. The van der Waals surface area contributed by atoms with Crippen LogP contribution in [0.4, 0.5) is 0 Å². The van der Waals surface area contributed by atoms with Crippen LogP contribution in [0.3, 0.4) is 0 Å². The molecule has 0 radical (unpaired) electrons. The lowest BCUT2D eigenvalue weighted by molar-refractivity contribution is 0.296. The van der Waals surface area contributed by atoms with Gasteiger partial charge in [0.1, 0.15) is 5.75 Å². The number of aryl methyl sites for hydroxylation is 2. The van der Waals surface area contributed by atoms with Crippen molar-refractivity contribution in [3.05, 3.63) is 28.8 Å². The van der Waals surface area contributed by atoms with Gasteiger partial charge in [-0.15, -0.1) is 12.4 Å². The van der Waals surface area contributed by atoms with E-state index < -0.39 is 0 Å². The van der Waals surface area contributed by atoms with Crippen molar-refractivity contribution in [2.24, 2.45) is 11.7 Å². The Hall–Kier alpha value is -0.730. The number of ether oxygens (including phenoxy) is 1. The first kappa shape index (κ1) is 15.3. The molecule has 0 aromatic heterocycles. The molecule has 1 saturated carbocycles. The second-order valence-corrected chi connectivity index (χ2v) is 5.48. The van der Waals surface area contributed by atoms with Crippen LogP contribution in [-0.2, 0) is 6.42 Å². The summed E-state index contributed by atoms with van der Waals surface area (Å²) in [5.41, 5.74) is 9.76. The Labute approximate surface area is 116 Å². The van der Waals surface area contributed by atoms with Crippen LogP contribution in [0.15, 0.2) is 12.1 Å². The van der Waals surface area contributed by atoms with Crippen LogP contribution >= 0.6 is 12.4 Å². The molecule has 0 aliphatic heterocycles. The predicted molar refractivity (Wildman–Crippen MR) is 78.7 cm³/mol. The molecule has 0 bridgehead atoms. The number of hydrogen-bond donors (Lipinski definition) is 1. The maximum absolute atomic E-state index is 5.94. The molecule has 1 aromatic rings. The maximum atomic E-state index is 5.94. The highest BCUT2D eigenvalue weighted by atomic mass is 35.5. The van der Waals surface area contributed by atoms with Gasteiger partial charge in [-0.05, 0) is 68.7 Å². The van der Waals surface area contributed by atoms with Crippen molar-refractivity contribution < 1.29 is 4.74 Å². The molecule has 0 saturated heterocycles. The highest BCUT2D eigenvalue weighted by Gasteiger charge is 2.22. The molecule has 1 atom stereocenters. The number of halogens is 1. The van der Waals surface area contributed by atoms with Crippen molar-refractivity contribution in [1.29, 1.82) is 0 Å². The van der Waals surface area contributed by atoms with E-state index in [1.54, 1.807) is 0 Å². The Morgan fingerprint density at radius 3 is 2.44 bits per heavy atom. The van der Waals surface area contributed by atoms with Gasteiger partial charge in [-0.3, -0.25) is 0 Å². The summed E-state index contributed by atoms with van der Waals surface area (Å²) in [5.74, 6) is 1.83. The smallest absolute Gasteiger partial charge is 0.122 e. The first-order chi connectivity index (χ1) is 8.06. The number of nitrogens with two attached hydrogens (primary N) is 1. The van der Waals surface area contributed by atoms with E-state index in [-0.39, 0.29) is 18.4 Å². The molecule has 1 aromatic carbocycles. The zero-order valence-corrected chi connectivity index (χ0v) is 12.3. The van der Waals surface area contributed by atoms with E-state index >= 15 is 0 Å². The maximum Gasteiger partial charge on any atom is 0.122 e. The number of hydrogen-bond acceptors (Lipinski definition) is 2. The molecule has 1 aliphatic rings. The van der Waals surface area contributed by atoms with Gasteiger partial charge in [0, 0.05) is 6.04 Å². The number of benzene rings is 1. The summed E-state index contributed by atoms with van der Waals surface area (Å²) in [6, 6.07) is 4.57. The Morgan fingerprint density at radius 1 is 1.28 bits per heavy atom. The predicted octanol–water partition coefficient (Wildman–Crippen LogP) is 3.40. The van der Waals surface area contributed by atoms with Crippen LogP contribution in [0.5, 0.6) is 5.75 Å². The number of rotatable bonds is 5. The zero-order valence-electron chi connectivity index (χ0n) is 11.5. The Kier molecular flexibility index (Phi) is 5.48. The Morgan fingerprint density at radius 2 is 1.89 bits per heavy atom. The summed E-state index contributed by atoms with van der Waals surface area (Å²) in [6.45, 7) is 7.19. The SMILES string of the molecule is Cc1cc(CC(C)N)c(OCC2CC2)cc1C.Cl.